The Labute approximate surface area is 139 Å². The summed E-state index contributed by atoms with van der Waals surface area (Å²) in [5, 5.41) is 17.8. The second-order valence-electron chi connectivity index (χ2n) is 5.36. The molecular formula is C19H18O5. The fourth-order valence-corrected chi connectivity index (χ4v) is 2.28. The van der Waals surface area contributed by atoms with E-state index >= 15 is 0 Å². The van der Waals surface area contributed by atoms with Gasteiger partial charge in [-0.25, -0.2) is 0 Å². The van der Waals surface area contributed by atoms with E-state index in [1.165, 1.54) is 0 Å². The molecule has 2 aromatic carbocycles. The zero-order valence-corrected chi connectivity index (χ0v) is 13.1. The van der Waals surface area contributed by atoms with Crippen LogP contribution in [0.1, 0.15) is 22.3 Å². The Bertz CT molecular complexity index is 713. The van der Waals surface area contributed by atoms with Crippen molar-refractivity contribution >= 4 is 18.0 Å². The van der Waals surface area contributed by atoms with Gasteiger partial charge in [0.1, 0.15) is 12.4 Å². The number of rotatable bonds is 8. The van der Waals surface area contributed by atoms with Gasteiger partial charge in [0.2, 0.25) is 0 Å². The summed E-state index contributed by atoms with van der Waals surface area (Å²) in [5.74, 6) is -1.50. The van der Waals surface area contributed by atoms with E-state index in [0.717, 1.165) is 11.1 Å². The monoisotopic (exact) mass is 326 g/mol. The molecule has 0 heterocycles. The largest absolute Gasteiger partial charge is 0.489 e. The molecule has 0 aromatic heterocycles. The van der Waals surface area contributed by atoms with Crippen LogP contribution in [0.2, 0.25) is 0 Å². The van der Waals surface area contributed by atoms with Crippen molar-refractivity contribution in [2.75, 3.05) is 0 Å². The van der Waals surface area contributed by atoms with Crippen molar-refractivity contribution in [3.63, 3.8) is 0 Å². The van der Waals surface area contributed by atoms with E-state index in [2.05, 4.69) is 6.58 Å². The molecule has 0 unspecified atom stereocenters. The summed E-state index contributed by atoms with van der Waals surface area (Å²) in [6.07, 6.45) is 1.38. The highest BCUT2D eigenvalue weighted by molar-refractivity contribution is 5.72. The first-order valence-corrected chi connectivity index (χ1v) is 7.37. The molecule has 124 valence electrons. The van der Waals surface area contributed by atoms with Crippen molar-refractivity contribution in [1.29, 1.82) is 0 Å². The summed E-state index contributed by atoms with van der Waals surface area (Å²) in [6.45, 7) is 4.00. The predicted octanol–water partition coefficient (Wildman–Crippen LogP) is 3.16. The van der Waals surface area contributed by atoms with Gasteiger partial charge in [0.15, 0.2) is 0 Å². The Kier molecular flexibility index (Phi) is 5.73. The Balaban J connectivity index is 2.15. The number of carbonyl (C=O) groups is 2. The van der Waals surface area contributed by atoms with Gasteiger partial charge in [0, 0.05) is 0 Å². The van der Waals surface area contributed by atoms with E-state index in [9.17, 15) is 9.59 Å². The minimum atomic E-state index is -0.978. The van der Waals surface area contributed by atoms with Gasteiger partial charge in [0.25, 0.3) is 0 Å². The van der Waals surface area contributed by atoms with Crippen LogP contribution in [0.15, 0.2) is 49.0 Å². The van der Waals surface area contributed by atoms with Crippen LogP contribution >= 0.6 is 0 Å². The van der Waals surface area contributed by atoms with E-state index in [-0.39, 0.29) is 12.8 Å². The highest BCUT2D eigenvalue weighted by Crippen LogP contribution is 2.20. The average molecular weight is 326 g/mol. The Morgan fingerprint density at radius 2 is 1.46 bits per heavy atom. The molecule has 5 nitrogen and oxygen atoms in total. The number of carboxylic acid groups (broad SMARTS) is 2. The van der Waals surface area contributed by atoms with Crippen molar-refractivity contribution in [3.05, 3.63) is 71.3 Å². The van der Waals surface area contributed by atoms with E-state index in [1.807, 2.05) is 24.3 Å². The molecule has 0 fully saturated rings. The number of hydrogen-bond acceptors (Lipinski definition) is 3. The van der Waals surface area contributed by atoms with Gasteiger partial charge in [0.05, 0.1) is 12.8 Å². The van der Waals surface area contributed by atoms with Crippen LogP contribution in [0.5, 0.6) is 5.75 Å². The number of benzene rings is 2. The molecule has 0 spiro atoms. The van der Waals surface area contributed by atoms with Gasteiger partial charge in [-0.05, 0) is 34.4 Å². The molecule has 2 N–H and O–H groups in total. The maximum Gasteiger partial charge on any atom is 0.307 e. The smallest absolute Gasteiger partial charge is 0.307 e. The van der Waals surface area contributed by atoms with Crippen LogP contribution < -0.4 is 4.74 Å². The number of hydrogen-bond donors (Lipinski definition) is 2. The van der Waals surface area contributed by atoms with E-state index < -0.39 is 11.9 Å². The van der Waals surface area contributed by atoms with Crippen LogP contribution in [0.3, 0.4) is 0 Å². The quantitative estimate of drug-likeness (QED) is 0.778. The highest BCUT2D eigenvalue weighted by Gasteiger charge is 2.09. The first-order chi connectivity index (χ1) is 11.5. The third-order valence-electron chi connectivity index (χ3n) is 3.36. The predicted molar refractivity (Wildman–Crippen MR) is 90.0 cm³/mol. The summed E-state index contributed by atoms with van der Waals surface area (Å²) in [4.78, 5) is 21.8. The van der Waals surface area contributed by atoms with Crippen LogP contribution in [0.4, 0.5) is 0 Å². The maximum absolute atomic E-state index is 10.9. The third-order valence-corrected chi connectivity index (χ3v) is 3.36. The molecule has 0 bridgehead atoms. The lowest BCUT2D eigenvalue weighted by molar-refractivity contribution is -0.137. The fourth-order valence-electron chi connectivity index (χ4n) is 2.28. The van der Waals surface area contributed by atoms with Crippen molar-refractivity contribution in [1.82, 2.24) is 0 Å². The van der Waals surface area contributed by atoms with E-state index in [1.54, 1.807) is 24.3 Å². The van der Waals surface area contributed by atoms with Crippen LogP contribution in [-0.2, 0) is 29.0 Å². The molecular weight excluding hydrogens is 308 g/mol. The molecule has 5 heteroatoms. The van der Waals surface area contributed by atoms with Gasteiger partial charge >= 0.3 is 11.9 Å². The van der Waals surface area contributed by atoms with Crippen molar-refractivity contribution in [3.8, 4) is 5.75 Å². The Hall–Kier alpha value is -3.08. The number of carboxylic acids is 2. The molecule has 0 amide bonds. The first kappa shape index (κ1) is 17.3. The summed E-state index contributed by atoms with van der Waals surface area (Å²) in [5.41, 5.74) is 2.98. The molecule has 0 saturated carbocycles. The normalized spacial score (nSPS) is 10.2. The third kappa shape index (κ3) is 5.28. The van der Waals surface area contributed by atoms with Gasteiger partial charge in [-0.2, -0.15) is 0 Å². The summed E-state index contributed by atoms with van der Waals surface area (Å²) in [7, 11) is 0. The van der Waals surface area contributed by atoms with Gasteiger partial charge in [-0.15, -0.1) is 0 Å². The SMILES string of the molecule is C=Cc1ccc(COc2cc(CC(=O)O)cc(CC(=O)O)c2)cc1. The maximum atomic E-state index is 10.9. The molecule has 0 saturated heterocycles. The molecule has 24 heavy (non-hydrogen) atoms. The van der Waals surface area contributed by atoms with Crippen molar-refractivity contribution < 1.29 is 24.5 Å². The second kappa shape index (κ2) is 7.97. The van der Waals surface area contributed by atoms with Gasteiger partial charge in [-0.3, -0.25) is 9.59 Å². The fraction of sp³-hybridized carbons (Fsp3) is 0.158. The van der Waals surface area contributed by atoms with Gasteiger partial charge in [-0.1, -0.05) is 43.0 Å². The average Bonchev–Trinajstić information content (AvgIpc) is 2.52. The summed E-state index contributed by atoms with van der Waals surface area (Å²) < 4.78 is 5.70. The lowest BCUT2D eigenvalue weighted by Gasteiger charge is -2.10. The van der Waals surface area contributed by atoms with Crippen LogP contribution in [0, 0.1) is 0 Å². The number of aliphatic carboxylic acids is 2. The summed E-state index contributed by atoms with van der Waals surface area (Å²) in [6, 6.07) is 12.5. The molecule has 0 aliphatic rings. The zero-order valence-electron chi connectivity index (χ0n) is 13.1. The zero-order chi connectivity index (χ0) is 17.5. The van der Waals surface area contributed by atoms with Crippen molar-refractivity contribution in [2.24, 2.45) is 0 Å². The second-order valence-corrected chi connectivity index (χ2v) is 5.36. The van der Waals surface area contributed by atoms with Crippen LogP contribution in [0.25, 0.3) is 6.08 Å². The van der Waals surface area contributed by atoms with Crippen molar-refractivity contribution in [2.45, 2.75) is 19.4 Å². The molecule has 0 aliphatic carbocycles. The lowest BCUT2D eigenvalue weighted by atomic mass is 10.1. The molecule has 0 aliphatic heterocycles. The molecule has 0 radical (unpaired) electrons. The molecule has 2 aromatic rings. The lowest BCUT2D eigenvalue weighted by Crippen LogP contribution is -2.05. The summed E-state index contributed by atoms with van der Waals surface area (Å²) >= 11 is 0. The minimum absolute atomic E-state index is 0.183. The number of ether oxygens (including phenoxy) is 1. The van der Waals surface area contributed by atoms with Crippen LogP contribution in [-0.4, -0.2) is 22.2 Å². The molecule has 0 atom stereocenters. The van der Waals surface area contributed by atoms with E-state index in [0.29, 0.717) is 23.5 Å². The standard InChI is InChI=1S/C19H18O5/c1-2-13-3-5-14(6-4-13)12-24-17-8-15(10-18(20)21)7-16(9-17)11-19(22)23/h2-9H,1,10-12H2,(H,20,21)(H,22,23). The minimum Gasteiger partial charge on any atom is -0.489 e. The van der Waals surface area contributed by atoms with Gasteiger partial charge < -0.3 is 14.9 Å². The Morgan fingerprint density at radius 3 is 1.92 bits per heavy atom. The highest BCUT2D eigenvalue weighted by atomic mass is 16.5. The topological polar surface area (TPSA) is 83.8 Å². The van der Waals surface area contributed by atoms with E-state index in [4.69, 9.17) is 14.9 Å². The Morgan fingerprint density at radius 1 is 0.917 bits per heavy atom. The first-order valence-electron chi connectivity index (χ1n) is 7.37. The molecule has 2 rings (SSSR count).